The number of hydrogen-bond acceptors (Lipinski definition) is 3. The van der Waals surface area contributed by atoms with Gasteiger partial charge in [0, 0.05) is 11.1 Å². The van der Waals surface area contributed by atoms with Crippen molar-refractivity contribution in [3.63, 3.8) is 0 Å². The van der Waals surface area contributed by atoms with E-state index in [0.29, 0.717) is 16.7 Å². The molecule has 0 radical (unpaired) electrons. The smallest absolute Gasteiger partial charge is 0.339 e. The van der Waals surface area contributed by atoms with E-state index >= 15 is 0 Å². The molecule has 0 heterocycles. The van der Waals surface area contributed by atoms with E-state index in [-0.39, 0.29) is 5.78 Å². The quantitative estimate of drug-likeness (QED) is 0.575. The minimum Gasteiger partial charge on any atom is -0.445 e. The van der Waals surface area contributed by atoms with Gasteiger partial charge in [-0.1, -0.05) is 60.7 Å². The van der Waals surface area contributed by atoms with Gasteiger partial charge in [-0.05, 0) is 24.3 Å². The largest absolute Gasteiger partial charge is 0.445 e. The standard InChI is InChI=1S/C21H17NO3/c22-18-13-11-17(12-14-18)21(24)25-20(16-9-5-2-6-10-16)19(23)15-7-3-1-4-8-15/h1-14,20H,22H2/p+1. The van der Waals surface area contributed by atoms with E-state index < -0.39 is 12.1 Å². The molecule has 0 spiro atoms. The molecule has 0 aliphatic carbocycles. The molecule has 3 aromatic rings. The van der Waals surface area contributed by atoms with E-state index in [0.717, 1.165) is 5.69 Å². The Kier molecular flexibility index (Phi) is 5.02. The zero-order valence-electron chi connectivity index (χ0n) is 13.6. The molecule has 25 heavy (non-hydrogen) atoms. The zero-order valence-corrected chi connectivity index (χ0v) is 13.6. The van der Waals surface area contributed by atoms with Gasteiger partial charge in [0.2, 0.25) is 5.78 Å². The van der Waals surface area contributed by atoms with Crippen molar-refractivity contribution in [2.75, 3.05) is 0 Å². The molecule has 4 nitrogen and oxygen atoms in total. The van der Waals surface area contributed by atoms with Crippen molar-refractivity contribution in [1.82, 2.24) is 0 Å². The first-order valence-electron chi connectivity index (χ1n) is 7.92. The fourth-order valence-corrected chi connectivity index (χ4v) is 2.47. The first-order chi connectivity index (χ1) is 12.1. The van der Waals surface area contributed by atoms with Crippen LogP contribution < -0.4 is 5.73 Å². The van der Waals surface area contributed by atoms with Crippen LogP contribution >= 0.6 is 0 Å². The van der Waals surface area contributed by atoms with Crippen LogP contribution in [0.25, 0.3) is 0 Å². The van der Waals surface area contributed by atoms with E-state index in [4.69, 9.17) is 4.74 Å². The van der Waals surface area contributed by atoms with Gasteiger partial charge in [-0.25, -0.2) is 4.79 Å². The first kappa shape index (κ1) is 16.6. The van der Waals surface area contributed by atoms with Crippen LogP contribution in [0.1, 0.15) is 32.4 Å². The second kappa shape index (κ2) is 7.55. The van der Waals surface area contributed by atoms with Crippen LogP contribution in [0.15, 0.2) is 84.9 Å². The number of Topliss-reactive ketones (excluding diaryl/α,β-unsaturated/α-hetero) is 1. The van der Waals surface area contributed by atoms with E-state index in [1.807, 2.05) is 24.3 Å². The molecule has 124 valence electrons. The number of ether oxygens (including phenoxy) is 1. The Morgan fingerprint density at radius 3 is 1.88 bits per heavy atom. The number of hydrogen-bond donors (Lipinski definition) is 1. The average Bonchev–Trinajstić information content (AvgIpc) is 2.67. The highest BCUT2D eigenvalue weighted by atomic mass is 16.5. The minimum atomic E-state index is -0.990. The predicted molar refractivity (Wildman–Crippen MR) is 94.4 cm³/mol. The molecule has 1 atom stereocenters. The molecule has 0 aromatic heterocycles. The summed E-state index contributed by atoms with van der Waals surface area (Å²) in [4.78, 5) is 25.4. The van der Waals surface area contributed by atoms with Gasteiger partial charge in [0.25, 0.3) is 0 Å². The third-order valence-corrected chi connectivity index (χ3v) is 3.81. The number of carbonyl (C=O) groups excluding carboxylic acids is 2. The van der Waals surface area contributed by atoms with Gasteiger partial charge in [0.1, 0.15) is 5.69 Å². The molecule has 3 rings (SSSR count). The Bertz CT molecular complexity index is 859. The molecular weight excluding hydrogens is 314 g/mol. The number of carbonyl (C=O) groups is 2. The van der Waals surface area contributed by atoms with Gasteiger partial charge >= 0.3 is 5.97 Å². The Hall–Kier alpha value is -3.24. The molecule has 0 amide bonds. The highest BCUT2D eigenvalue weighted by Crippen LogP contribution is 2.24. The molecule has 0 aliphatic rings. The van der Waals surface area contributed by atoms with E-state index in [1.54, 1.807) is 60.7 Å². The van der Waals surface area contributed by atoms with E-state index in [1.165, 1.54) is 0 Å². The second-order valence-electron chi connectivity index (χ2n) is 5.62. The van der Waals surface area contributed by atoms with Gasteiger partial charge in [0.15, 0.2) is 6.10 Å². The second-order valence-corrected chi connectivity index (χ2v) is 5.62. The lowest BCUT2D eigenvalue weighted by Crippen LogP contribution is -2.39. The van der Waals surface area contributed by atoms with Crippen LogP contribution in [0, 0.1) is 0 Å². The van der Waals surface area contributed by atoms with Gasteiger partial charge in [-0.2, -0.15) is 0 Å². The topological polar surface area (TPSA) is 71.0 Å². The van der Waals surface area contributed by atoms with Gasteiger partial charge in [-0.15, -0.1) is 0 Å². The maximum atomic E-state index is 12.9. The number of esters is 1. The van der Waals surface area contributed by atoms with Gasteiger partial charge < -0.3 is 10.5 Å². The molecule has 4 heteroatoms. The summed E-state index contributed by atoms with van der Waals surface area (Å²) in [6, 6.07) is 24.6. The molecule has 0 saturated carbocycles. The number of benzene rings is 3. The molecular formula is C21H18NO3+. The Labute approximate surface area is 145 Å². The summed E-state index contributed by atoms with van der Waals surface area (Å²) in [7, 11) is 0. The lowest BCUT2D eigenvalue weighted by molar-refractivity contribution is -0.254. The summed E-state index contributed by atoms with van der Waals surface area (Å²) in [5.41, 5.74) is 6.11. The van der Waals surface area contributed by atoms with E-state index in [9.17, 15) is 9.59 Å². The summed E-state index contributed by atoms with van der Waals surface area (Å²) < 4.78 is 5.57. The fourth-order valence-electron chi connectivity index (χ4n) is 2.47. The van der Waals surface area contributed by atoms with Crippen molar-refractivity contribution in [1.29, 1.82) is 0 Å². The lowest BCUT2D eigenvalue weighted by Gasteiger charge is -2.17. The Balaban J connectivity index is 1.90. The molecule has 0 bridgehead atoms. The molecule has 3 aromatic carbocycles. The highest BCUT2D eigenvalue weighted by Gasteiger charge is 2.26. The van der Waals surface area contributed by atoms with Crippen molar-refractivity contribution in [3.05, 3.63) is 102 Å². The number of ketones is 1. The van der Waals surface area contributed by atoms with Crippen molar-refractivity contribution in [3.8, 4) is 0 Å². The molecule has 0 saturated heterocycles. The van der Waals surface area contributed by atoms with Crippen LogP contribution in [0.3, 0.4) is 0 Å². The van der Waals surface area contributed by atoms with Gasteiger partial charge in [0.05, 0.1) is 5.56 Å². The summed E-state index contributed by atoms with van der Waals surface area (Å²) >= 11 is 0. The Morgan fingerprint density at radius 2 is 1.28 bits per heavy atom. The number of rotatable bonds is 5. The third kappa shape index (κ3) is 4.00. The fraction of sp³-hybridized carbons (Fsp3) is 0.0476. The number of quaternary nitrogens is 1. The molecule has 0 fully saturated rings. The van der Waals surface area contributed by atoms with Crippen molar-refractivity contribution in [2.45, 2.75) is 6.10 Å². The van der Waals surface area contributed by atoms with Crippen LogP contribution in [-0.2, 0) is 4.74 Å². The normalized spacial score (nSPS) is 11.6. The van der Waals surface area contributed by atoms with Crippen LogP contribution in [0.5, 0.6) is 0 Å². The lowest BCUT2D eigenvalue weighted by atomic mass is 10.00. The molecule has 0 aliphatic heterocycles. The SMILES string of the molecule is [NH3+]c1ccc(C(=O)OC(C(=O)c2ccccc2)c2ccccc2)cc1. The van der Waals surface area contributed by atoms with Crippen LogP contribution in [0.4, 0.5) is 5.69 Å². The first-order valence-corrected chi connectivity index (χ1v) is 7.92. The Morgan fingerprint density at radius 1 is 0.720 bits per heavy atom. The summed E-state index contributed by atoms with van der Waals surface area (Å²) in [5, 5.41) is 0. The van der Waals surface area contributed by atoms with Crippen molar-refractivity contribution >= 4 is 17.4 Å². The maximum absolute atomic E-state index is 12.9. The monoisotopic (exact) mass is 332 g/mol. The van der Waals surface area contributed by atoms with Crippen LogP contribution in [-0.4, -0.2) is 11.8 Å². The van der Waals surface area contributed by atoms with Crippen LogP contribution in [0.2, 0.25) is 0 Å². The third-order valence-electron chi connectivity index (χ3n) is 3.81. The van der Waals surface area contributed by atoms with Crippen molar-refractivity contribution in [2.24, 2.45) is 0 Å². The van der Waals surface area contributed by atoms with Crippen molar-refractivity contribution < 1.29 is 20.1 Å². The maximum Gasteiger partial charge on any atom is 0.339 e. The summed E-state index contributed by atoms with van der Waals surface area (Å²) in [6.07, 6.45) is -0.990. The zero-order chi connectivity index (χ0) is 17.6. The summed E-state index contributed by atoms with van der Waals surface area (Å²) in [6.45, 7) is 0. The molecule has 1 unspecified atom stereocenters. The predicted octanol–water partition coefficient (Wildman–Crippen LogP) is 3.34. The summed E-state index contributed by atoms with van der Waals surface area (Å²) in [5.74, 6) is -0.799. The molecule has 3 N–H and O–H groups in total. The average molecular weight is 332 g/mol. The van der Waals surface area contributed by atoms with Gasteiger partial charge in [-0.3, -0.25) is 4.79 Å². The highest BCUT2D eigenvalue weighted by molar-refractivity contribution is 6.02. The minimum absolute atomic E-state index is 0.256. The van der Waals surface area contributed by atoms with E-state index in [2.05, 4.69) is 5.73 Å².